The number of nitrogens with two attached hydrogens (primary N) is 1. The molecule has 0 unspecified atom stereocenters. The monoisotopic (exact) mass is 125 g/mol. The first-order valence-corrected chi connectivity index (χ1v) is 2.22. The molecule has 0 bridgehead atoms. The van der Waals surface area contributed by atoms with Crippen LogP contribution in [0.25, 0.3) is 0 Å². The van der Waals surface area contributed by atoms with Crippen molar-refractivity contribution in [3.63, 3.8) is 0 Å². The summed E-state index contributed by atoms with van der Waals surface area (Å²) in [7, 11) is 0. The highest BCUT2D eigenvalue weighted by Gasteiger charge is 2.29. The molecule has 0 aliphatic heterocycles. The van der Waals surface area contributed by atoms with Crippen molar-refractivity contribution >= 4 is 0 Å². The second kappa shape index (κ2) is 2.37. The Labute approximate surface area is 46.3 Å². The van der Waals surface area contributed by atoms with E-state index in [-0.39, 0.29) is 0 Å². The molecule has 0 aliphatic carbocycles. The Bertz CT molecular complexity index is 70.9. The maximum atomic E-state index is 11.8. The van der Waals surface area contributed by atoms with Gasteiger partial charge in [-0.1, -0.05) is 0 Å². The van der Waals surface area contributed by atoms with Gasteiger partial charge in [0.25, 0.3) is 5.92 Å². The molecule has 50 valence electrons. The number of hydrogen-bond acceptors (Lipinski definition) is 2. The van der Waals surface area contributed by atoms with Gasteiger partial charge in [-0.2, -0.15) is 0 Å². The van der Waals surface area contributed by atoms with Crippen molar-refractivity contribution in [3.05, 3.63) is 0 Å². The molecule has 3 N–H and O–H groups in total. The minimum atomic E-state index is -2.96. The van der Waals surface area contributed by atoms with Crippen molar-refractivity contribution in [3.8, 4) is 0 Å². The lowest BCUT2D eigenvalue weighted by molar-refractivity contribution is -0.0220. The molecule has 4 heteroatoms. The number of hydrogen-bond donors (Lipinski definition) is 2. The van der Waals surface area contributed by atoms with E-state index < -0.39 is 18.6 Å². The van der Waals surface area contributed by atoms with Gasteiger partial charge >= 0.3 is 0 Å². The van der Waals surface area contributed by atoms with Gasteiger partial charge in [0, 0.05) is 6.92 Å². The summed E-state index contributed by atoms with van der Waals surface area (Å²) >= 11 is 0. The number of aliphatic hydroxyl groups excluding tert-OH is 1. The molecule has 0 saturated carbocycles. The Morgan fingerprint density at radius 2 is 2.12 bits per heavy atom. The van der Waals surface area contributed by atoms with Crippen LogP contribution in [0.5, 0.6) is 0 Å². The summed E-state index contributed by atoms with van der Waals surface area (Å²) in [6.07, 6.45) is 0. The predicted octanol–water partition coefficient (Wildman–Crippen LogP) is -0.0388. The molecule has 0 aromatic heterocycles. The summed E-state index contributed by atoms with van der Waals surface area (Å²) < 4.78 is 23.7. The Hall–Kier alpha value is -0.220. The van der Waals surface area contributed by atoms with Crippen molar-refractivity contribution in [2.24, 2.45) is 5.73 Å². The topological polar surface area (TPSA) is 46.2 Å². The van der Waals surface area contributed by atoms with Crippen LogP contribution in [0.1, 0.15) is 6.92 Å². The maximum absolute atomic E-state index is 11.8. The molecular weight excluding hydrogens is 116 g/mol. The average Bonchev–Trinajstić information content (AvgIpc) is 1.62. The fourth-order valence-corrected chi connectivity index (χ4v) is 0.160. The van der Waals surface area contributed by atoms with E-state index in [2.05, 4.69) is 0 Å². The van der Waals surface area contributed by atoms with Crippen molar-refractivity contribution in [2.75, 3.05) is 6.61 Å². The summed E-state index contributed by atoms with van der Waals surface area (Å²) in [4.78, 5) is 0. The summed E-state index contributed by atoms with van der Waals surface area (Å²) in [6.45, 7) is -0.00259. The molecule has 0 saturated heterocycles. The van der Waals surface area contributed by atoms with Crippen molar-refractivity contribution < 1.29 is 13.9 Å². The quantitative estimate of drug-likeness (QED) is 0.544. The van der Waals surface area contributed by atoms with Crippen molar-refractivity contribution in [1.82, 2.24) is 0 Å². The first kappa shape index (κ1) is 7.78. The Kier molecular flexibility index (Phi) is 2.30. The van der Waals surface area contributed by atoms with E-state index in [4.69, 9.17) is 10.8 Å². The van der Waals surface area contributed by atoms with Crippen LogP contribution in [-0.4, -0.2) is 23.7 Å². The largest absolute Gasteiger partial charge is 0.395 e. The van der Waals surface area contributed by atoms with Gasteiger partial charge < -0.3 is 10.8 Å². The molecule has 0 radical (unpaired) electrons. The molecular formula is C4H9F2NO. The van der Waals surface area contributed by atoms with E-state index in [1.54, 1.807) is 0 Å². The minimum absolute atomic E-state index is 0.674. The first-order valence-electron chi connectivity index (χ1n) is 2.22. The molecule has 0 spiro atoms. The summed E-state index contributed by atoms with van der Waals surface area (Å²) in [5.74, 6) is -2.96. The van der Waals surface area contributed by atoms with Gasteiger partial charge in [0.05, 0.1) is 12.6 Å². The van der Waals surface area contributed by atoms with Crippen LogP contribution >= 0.6 is 0 Å². The zero-order chi connectivity index (χ0) is 6.78. The minimum Gasteiger partial charge on any atom is -0.395 e. The number of halogens is 2. The normalized spacial score (nSPS) is 16.1. The van der Waals surface area contributed by atoms with Crippen LogP contribution in [0, 0.1) is 0 Å². The molecule has 0 rings (SSSR count). The smallest absolute Gasteiger partial charge is 0.262 e. The van der Waals surface area contributed by atoms with E-state index in [1.807, 2.05) is 0 Å². The molecule has 0 aromatic rings. The van der Waals surface area contributed by atoms with Gasteiger partial charge in [-0.15, -0.1) is 0 Å². The second-order valence-electron chi connectivity index (χ2n) is 1.75. The van der Waals surface area contributed by atoms with E-state index in [0.717, 1.165) is 0 Å². The summed E-state index contributed by atoms with van der Waals surface area (Å²) in [5, 5.41) is 8.07. The molecule has 0 heterocycles. The highest BCUT2D eigenvalue weighted by molar-refractivity contribution is 4.73. The zero-order valence-corrected chi connectivity index (χ0v) is 4.56. The fraction of sp³-hybridized carbons (Fsp3) is 1.00. The SMILES string of the molecule is CC(F)(F)[C@@H](N)CO. The van der Waals surface area contributed by atoms with Crippen LogP contribution in [0.2, 0.25) is 0 Å². The van der Waals surface area contributed by atoms with Gasteiger partial charge in [-0.05, 0) is 0 Å². The van der Waals surface area contributed by atoms with Gasteiger partial charge in [0.1, 0.15) is 0 Å². The summed E-state index contributed by atoms with van der Waals surface area (Å²) in [5.41, 5.74) is 4.75. The van der Waals surface area contributed by atoms with Gasteiger partial charge in [-0.25, -0.2) is 8.78 Å². The zero-order valence-electron chi connectivity index (χ0n) is 4.56. The lowest BCUT2D eigenvalue weighted by Gasteiger charge is -2.15. The van der Waals surface area contributed by atoms with Crippen LogP contribution in [-0.2, 0) is 0 Å². The van der Waals surface area contributed by atoms with Crippen LogP contribution in [0.4, 0.5) is 8.78 Å². The third-order valence-electron chi connectivity index (χ3n) is 0.848. The number of rotatable bonds is 2. The summed E-state index contributed by atoms with van der Waals surface area (Å²) in [6, 6.07) is -1.43. The van der Waals surface area contributed by atoms with Crippen LogP contribution in [0.15, 0.2) is 0 Å². The van der Waals surface area contributed by atoms with E-state index in [0.29, 0.717) is 6.92 Å². The van der Waals surface area contributed by atoms with E-state index >= 15 is 0 Å². The third-order valence-corrected chi connectivity index (χ3v) is 0.848. The van der Waals surface area contributed by atoms with E-state index in [1.165, 1.54) is 0 Å². The van der Waals surface area contributed by atoms with Crippen molar-refractivity contribution in [2.45, 2.75) is 18.9 Å². The standard InChI is InChI=1S/C4H9F2NO/c1-4(5,6)3(7)2-8/h3,8H,2,7H2,1H3/t3-/m0/s1. The molecule has 0 aromatic carbocycles. The Morgan fingerprint density at radius 3 is 2.12 bits per heavy atom. The number of alkyl halides is 2. The average molecular weight is 125 g/mol. The third kappa shape index (κ3) is 2.18. The van der Waals surface area contributed by atoms with Gasteiger partial charge in [-0.3, -0.25) is 0 Å². The number of aliphatic hydroxyl groups is 1. The highest BCUT2D eigenvalue weighted by Crippen LogP contribution is 2.14. The van der Waals surface area contributed by atoms with Gasteiger partial charge in [0.2, 0.25) is 0 Å². The lowest BCUT2D eigenvalue weighted by atomic mass is 10.2. The molecule has 0 amide bonds. The molecule has 1 atom stereocenters. The van der Waals surface area contributed by atoms with Crippen molar-refractivity contribution in [1.29, 1.82) is 0 Å². The molecule has 8 heavy (non-hydrogen) atoms. The molecule has 0 fully saturated rings. The molecule has 0 aliphatic rings. The van der Waals surface area contributed by atoms with Crippen LogP contribution in [0.3, 0.4) is 0 Å². The van der Waals surface area contributed by atoms with Gasteiger partial charge in [0.15, 0.2) is 0 Å². The predicted molar refractivity (Wildman–Crippen MR) is 25.7 cm³/mol. The maximum Gasteiger partial charge on any atom is 0.262 e. The van der Waals surface area contributed by atoms with E-state index in [9.17, 15) is 8.78 Å². The lowest BCUT2D eigenvalue weighted by Crippen LogP contribution is -2.41. The first-order chi connectivity index (χ1) is 3.48. The van der Waals surface area contributed by atoms with Crippen LogP contribution < -0.4 is 5.73 Å². The molecule has 2 nitrogen and oxygen atoms in total. The Morgan fingerprint density at radius 1 is 1.75 bits per heavy atom. The Balaban J connectivity index is 3.62. The highest BCUT2D eigenvalue weighted by atomic mass is 19.3. The second-order valence-corrected chi connectivity index (χ2v) is 1.75. The fourth-order valence-electron chi connectivity index (χ4n) is 0.160.